The molecule has 0 aliphatic rings. The summed E-state index contributed by atoms with van der Waals surface area (Å²) in [7, 11) is 0. The highest BCUT2D eigenvalue weighted by Gasteiger charge is 2.09. The zero-order chi connectivity index (χ0) is 12.3. The minimum absolute atomic E-state index is 0.000975. The number of anilines is 2. The summed E-state index contributed by atoms with van der Waals surface area (Å²) in [4.78, 5) is 11.7. The molecule has 0 atom stereocenters. The second kappa shape index (κ2) is 4.56. The smallest absolute Gasteiger partial charge is 0.256 e. The van der Waals surface area contributed by atoms with Gasteiger partial charge in [0.2, 0.25) is 0 Å². The topological polar surface area (TPSA) is 80.9 Å². The standard InChI is InChI=1S/C11H9FN4O/c12-8-6-7(3-4-9(8)13)11(17)15-10-2-1-5-14-16-10/h1-6H,13H2,(H,15,16,17). The third-order valence-electron chi connectivity index (χ3n) is 2.08. The van der Waals surface area contributed by atoms with Crippen LogP contribution in [0.1, 0.15) is 10.4 Å². The van der Waals surface area contributed by atoms with Crippen LogP contribution in [-0.2, 0) is 0 Å². The van der Waals surface area contributed by atoms with Gasteiger partial charge in [-0.15, -0.1) is 5.10 Å². The van der Waals surface area contributed by atoms with Crippen LogP contribution >= 0.6 is 0 Å². The molecule has 5 nitrogen and oxygen atoms in total. The molecule has 0 aliphatic carbocycles. The number of nitrogens with one attached hydrogen (secondary N) is 1. The monoisotopic (exact) mass is 232 g/mol. The molecule has 2 aromatic rings. The highest BCUT2D eigenvalue weighted by molar-refractivity contribution is 6.03. The lowest BCUT2D eigenvalue weighted by atomic mass is 10.2. The van der Waals surface area contributed by atoms with Crippen LogP contribution in [-0.4, -0.2) is 16.1 Å². The van der Waals surface area contributed by atoms with Crippen LogP contribution in [0.2, 0.25) is 0 Å². The number of nitrogen functional groups attached to an aromatic ring is 1. The normalized spacial score (nSPS) is 9.94. The fraction of sp³-hybridized carbons (Fsp3) is 0. The molecule has 2 rings (SSSR count). The number of amides is 1. The van der Waals surface area contributed by atoms with Crippen molar-refractivity contribution in [3.63, 3.8) is 0 Å². The number of hydrogen-bond donors (Lipinski definition) is 2. The van der Waals surface area contributed by atoms with Crippen molar-refractivity contribution in [1.29, 1.82) is 0 Å². The maximum atomic E-state index is 13.1. The molecular formula is C11H9FN4O. The Balaban J connectivity index is 2.18. The molecule has 3 N–H and O–H groups in total. The van der Waals surface area contributed by atoms with E-state index in [9.17, 15) is 9.18 Å². The van der Waals surface area contributed by atoms with Crippen LogP contribution in [0, 0.1) is 5.82 Å². The number of nitrogens with zero attached hydrogens (tertiary/aromatic N) is 2. The van der Waals surface area contributed by atoms with Gasteiger partial charge < -0.3 is 11.1 Å². The Morgan fingerprint density at radius 3 is 2.82 bits per heavy atom. The first-order valence-electron chi connectivity index (χ1n) is 4.81. The van der Waals surface area contributed by atoms with E-state index in [1.807, 2.05) is 0 Å². The van der Waals surface area contributed by atoms with E-state index >= 15 is 0 Å². The average Bonchev–Trinajstić information content (AvgIpc) is 2.34. The van der Waals surface area contributed by atoms with Crippen molar-refractivity contribution >= 4 is 17.4 Å². The Hall–Kier alpha value is -2.50. The highest BCUT2D eigenvalue weighted by atomic mass is 19.1. The number of carbonyl (C=O) groups excluding carboxylic acids is 1. The summed E-state index contributed by atoms with van der Waals surface area (Å²) in [5, 5.41) is 9.77. The van der Waals surface area contributed by atoms with Crippen molar-refractivity contribution in [2.24, 2.45) is 0 Å². The molecule has 0 radical (unpaired) electrons. The summed E-state index contributed by atoms with van der Waals surface area (Å²) >= 11 is 0. The van der Waals surface area contributed by atoms with Crippen molar-refractivity contribution < 1.29 is 9.18 Å². The molecule has 1 heterocycles. The van der Waals surface area contributed by atoms with Gasteiger partial charge in [-0.3, -0.25) is 4.79 Å². The zero-order valence-electron chi connectivity index (χ0n) is 8.72. The molecule has 1 aromatic heterocycles. The van der Waals surface area contributed by atoms with Gasteiger partial charge >= 0.3 is 0 Å². The lowest BCUT2D eigenvalue weighted by molar-refractivity contribution is 0.102. The number of halogens is 1. The number of aromatic nitrogens is 2. The molecular weight excluding hydrogens is 223 g/mol. The minimum atomic E-state index is -0.628. The third-order valence-corrected chi connectivity index (χ3v) is 2.08. The molecule has 86 valence electrons. The van der Waals surface area contributed by atoms with E-state index in [1.54, 1.807) is 12.1 Å². The Morgan fingerprint density at radius 2 is 2.18 bits per heavy atom. The summed E-state index contributed by atoms with van der Waals surface area (Å²) in [6.07, 6.45) is 1.48. The number of nitrogens with two attached hydrogens (primary N) is 1. The van der Waals surface area contributed by atoms with Gasteiger partial charge in [-0.25, -0.2) is 4.39 Å². The second-order valence-electron chi connectivity index (χ2n) is 3.30. The van der Waals surface area contributed by atoms with E-state index in [0.717, 1.165) is 6.07 Å². The maximum Gasteiger partial charge on any atom is 0.256 e. The fourth-order valence-electron chi connectivity index (χ4n) is 1.23. The van der Waals surface area contributed by atoms with Crippen LogP contribution in [0.4, 0.5) is 15.9 Å². The third kappa shape index (κ3) is 2.54. The predicted molar refractivity (Wildman–Crippen MR) is 60.8 cm³/mol. The quantitative estimate of drug-likeness (QED) is 0.768. The van der Waals surface area contributed by atoms with Gasteiger partial charge in [-0.2, -0.15) is 5.10 Å². The molecule has 17 heavy (non-hydrogen) atoms. The fourth-order valence-corrected chi connectivity index (χ4v) is 1.23. The lowest BCUT2D eigenvalue weighted by Crippen LogP contribution is -2.13. The SMILES string of the molecule is Nc1ccc(C(=O)Nc2cccnn2)cc1F. The lowest BCUT2D eigenvalue weighted by Gasteiger charge is -2.04. The van der Waals surface area contributed by atoms with Crippen molar-refractivity contribution in [1.82, 2.24) is 10.2 Å². The average molecular weight is 232 g/mol. The van der Waals surface area contributed by atoms with Crippen LogP contribution in [0.3, 0.4) is 0 Å². The molecule has 0 unspecified atom stereocenters. The van der Waals surface area contributed by atoms with Crippen LogP contribution < -0.4 is 11.1 Å². The van der Waals surface area contributed by atoms with Crippen molar-refractivity contribution in [2.45, 2.75) is 0 Å². The molecule has 1 amide bonds. The van der Waals surface area contributed by atoms with E-state index in [4.69, 9.17) is 5.73 Å². The summed E-state index contributed by atoms with van der Waals surface area (Å²) in [6, 6.07) is 7.05. The summed E-state index contributed by atoms with van der Waals surface area (Å²) < 4.78 is 13.1. The van der Waals surface area contributed by atoms with Crippen molar-refractivity contribution in [2.75, 3.05) is 11.1 Å². The van der Waals surface area contributed by atoms with Gasteiger partial charge in [0.1, 0.15) is 5.82 Å². The second-order valence-corrected chi connectivity index (χ2v) is 3.30. The zero-order valence-corrected chi connectivity index (χ0v) is 8.72. The van der Waals surface area contributed by atoms with Gasteiger partial charge in [0.05, 0.1) is 5.69 Å². The van der Waals surface area contributed by atoms with Crippen molar-refractivity contribution in [3.8, 4) is 0 Å². The summed E-state index contributed by atoms with van der Waals surface area (Å²) in [5.41, 5.74) is 5.48. The molecule has 0 saturated heterocycles. The summed E-state index contributed by atoms with van der Waals surface area (Å²) in [5.74, 6) is -0.795. The Kier molecular flexibility index (Phi) is 2.95. The number of rotatable bonds is 2. The summed E-state index contributed by atoms with van der Waals surface area (Å²) in [6.45, 7) is 0. The number of hydrogen-bond acceptors (Lipinski definition) is 4. The molecule has 0 aliphatic heterocycles. The van der Waals surface area contributed by atoms with Crippen LogP contribution in [0.25, 0.3) is 0 Å². The van der Waals surface area contributed by atoms with E-state index in [1.165, 1.54) is 18.3 Å². The van der Waals surface area contributed by atoms with E-state index < -0.39 is 11.7 Å². The van der Waals surface area contributed by atoms with E-state index in [2.05, 4.69) is 15.5 Å². The van der Waals surface area contributed by atoms with E-state index in [-0.39, 0.29) is 11.3 Å². The van der Waals surface area contributed by atoms with Crippen LogP contribution in [0.5, 0.6) is 0 Å². The number of benzene rings is 1. The molecule has 0 bridgehead atoms. The first kappa shape index (κ1) is 11.0. The largest absolute Gasteiger partial charge is 0.396 e. The van der Waals surface area contributed by atoms with Crippen LogP contribution in [0.15, 0.2) is 36.5 Å². The van der Waals surface area contributed by atoms with E-state index in [0.29, 0.717) is 5.82 Å². The highest BCUT2D eigenvalue weighted by Crippen LogP contribution is 2.13. The van der Waals surface area contributed by atoms with Crippen molar-refractivity contribution in [3.05, 3.63) is 47.9 Å². The molecule has 6 heteroatoms. The van der Waals surface area contributed by atoms with Gasteiger partial charge in [-0.1, -0.05) is 0 Å². The minimum Gasteiger partial charge on any atom is -0.396 e. The predicted octanol–water partition coefficient (Wildman–Crippen LogP) is 1.45. The maximum absolute atomic E-state index is 13.1. The molecule has 1 aromatic carbocycles. The van der Waals surface area contributed by atoms with Gasteiger partial charge in [-0.05, 0) is 30.3 Å². The Bertz CT molecular complexity index is 544. The molecule has 0 spiro atoms. The first-order valence-corrected chi connectivity index (χ1v) is 4.81. The Labute approximate surface area is 96.5 Å². The van der Waals surface area contributed by atoms with Gasteiger partial charge in [0.15, 0.2) is 5.82 Å². The Morgan fingerprint density at radius 1 is 1.35 bits per heavy atom. The first-order chi connectivity index (χ1) is 8.16. The number of carbonyl (C=O) groups is 1. The molecule has 0 fully saturated rings. The van der Waals surface area contributed by atoms with Gasteiger partial charge in [0, 0.05) is 11.8 Å². The van der Waals surface area contributed by atoms with Gasteiger partial charge in [0.25, 0.3) is 5.91 Å². The molecule has 0 saturated carbocycles.